The molecule has 0 saturated heterocycles. The van der Waals surface area contributed by atoms with Crippen LogP contribution >= 0.6 is 11.3 Å². The lowest BCUT2D eigenvalue weighted by atomic mass is 10.3. The van der Waals surface area contributed by atoms with Crippen molar-refractivity contribution in [1.29, 1.82) is 0 Å². The van der Waals surface area contributed by atoms with E-state index in [-0.39, 0.29) is 5.91 Å². The lowest BCUT2D eigenvalue weighted by Crippen LogP contribution is -2.27. The third-order valence-electron chi connectivity index (χ3n) is 3.23. The van der Waals surface area contributed by atoms with E-state index in [9.17, 15) is 4.79 Å². The summed E-state index contributed by atoms with van der Waals surface area (Å²) >= 11 is 1.47. The molecule has 2 rings (SSSR count). The first-order chi connectivity index (χ1) is 10.2. The molecule has 1 aromatic heterocycles. The van der Waals surface area contributed by atoms with Crippen LogP contribution in [0.2, 0.25) is 0 Å². The van der Waals surface area contributed by atoms with Crippen molar-refractivity contribution in [3.05, 3.63) is 46.4 Å². The first-order valence-corrected chi connectivity index (χ1v) is 8.01. The molecule has 0 aliphatic carbocycles. The van der Waals surface area contributed by atoms with Gasteiger partial charge in [0.2, 0.25) is 0 Å². The van der Waals surface area contributed by atoms with Crippen molar-refractivity contribution in [1.82, 2.24) is 10.3 Å². The molecule has 0 fully saturated rings. The highest BCUT2D eigenvalue weighted by molar-refractivity contribution is 7.13. The van der Waals surface area contributed by atoms with Gasteiger partial charge >= 0.3 is 0 Å². The number of para-hydroxylation sites is 1. The Hall–Kier alpha value is -1.88. The van der Waals surface area contributed by atoms with Gasteiger partial charge in [-0.05, 0) is 25.0 Å². The van der Waals surface area contributed by atoms with Gasteiger partial charge in [0.25, 0.3) is 5.91 Å². The minimum Gasteiger partial charge on any atom is -0.375 e. The normalized spacial score (nSPS) is 10.4. The number of carbonyl (C=O) groups excluding carboxylic acids is 1. The van der Waals surface area contributed by atoms with Gasteiger partial charge in [0.15, 0.2) is 0 Å². The molecule has 0 aliphatic heterocycles. The zero-order valence-corrected chi connectivity index (χ0v) is 13.3. The molecule has 1 amide bonds. The molecule has 4 nitrogen and oxygen atoms in total. The van der Waals surface area contributed by atoms with Gasteiger partial charge in [0, 0.05) is 25.8 Å². The predicted octanol–water partition coefficient (Wildman–Crippen LogP) is 2.96. The second kappa shape index (κ2) is 7.78. The molecule has 1 heterocycles. The van der Waals surface area contributed by atoms with Crippen LogP contribution in [-0.4, -0.2) is 31.0 Å². The predicted molar refractivity (Wildman–Crippen MR) is 88.2 cm³/mol. The summed E-state index contributed by atoms with van der Waals surface area (Å²) in [4.78, 5) is 19.0. The molecule has 0 atom stereocenters. The molecule has 0 bridgehead atoms. The number of aromatic nitrogens is 1. The van der Waals surface area contributed by atoms with Crippen LogP contribution in [0.4, 0.5) is 5.69 Å². The van der Waals surface area contributed by atoms with E-state index < -0.39 is 0 Å². The minimum atomic E-state index is -0.0189. The first kappa shape index (κ1) is 15.5. The number of rotatable bonds is 7. The maximum atomic E-state index is 11.9. The molecule has 0 unspecified atom stereocenters. The molecule has 5 heteroatoms. The van der Waals surface area contributed by atoms with Crippen LogP contribution in [0.15, 0.2) is 36.5 Å². The van der Waals surface area contributed by atoms with Crippen molar-refractivity contribution < 1.29 is 4.79 Å². The molecule has 21 heavy (non-hydrogen) atoms. The SMILES string of the molecule is CCc1ncc(C(=O)NCCCN(C)c2ccccc2)s1. The second-order valence-electron chi connectivity index (χ2n) is 4.84. The van der Waals surface area contributed by atoms with E-state index in [1.54, 1.807) is 6.20 Å². The molecular weight excluding hydrogens is 282 g/mol. The van der Waals surface area contributed by atoms with Crippen molar-refractivity contribution in [2.24, 2.45) is 0 Å². The number of anilines is 1. The van der Waals surface area contributed by atoms with E-state index in [4.69, 9.17) is 0 Å². The highest BCUT2D eigenvalue weighted by Gasteiger charge is 2.09. The third-order valence-corrected chi connectivity index (χ3v) is 4.37. The molecule has 0 spiro atoms. The highest BCUT2D eigenvalue weighted by Crippen LogP contribution is 2.13. The van der Waals surface area contributed by atoms with Gasteiger partial charge in [-0.1, -0.05) is 25.1 Å². The average Bonchev–Trinajstić information content (AvgIpc) is 3.01. The van der Waals surface area contributed by atoms with Crippen LogP contribution in [0.25, 0.3) is 0 Å². The summed E-state index contributed by atoms with van der Waals surface area (Å²) in [5.74, 6) is -0.0189. The van der Waals surface area contributed by atoms with E-state index >= 15 is 0 Å². The van der Waals surface area contributed by atoms with Crippen LogP contribution in [0, 0.1) is 0 Å². The Morgan fingerprint density at radius 1 is 1.33 bits per heavy atom. The van der Waals surface area contributed by atoms with E-state index in [2.05, 4.69) is 34.4 Å². The number of amides is 1. The highest BCUT2D eigenvalue weighted by atomic mass is 32.1. The van der Waals surface area contributed by atoms with E-state index in [0.29, 0.717) is 11.4 Å². The van der Waals surface area contributed by atoms with Crippen LogP contribution in [0.1, 0.15) is 28.0 Å². The van der Waals surface area contributed by atoms with Crippen molar-refractivity contribution in [2.75, 3.05) is 25.0 Å². The van der Waals surface area contributed by atoms with Crippen molar-refractivity contribution in [3.63, 3.8) is 0 Å². The molecule has 0 saturated carbocycles. The average molecular weight is 303 g/mol. The second-order valence-corrected chi connectivity index (χ2v) is 5.95. The van der Waals surface area contributed by atoms with E-state index in [1.807, 2.05) is 25.1 Å². The van der Waals surface area contributed by atoms with Crippen molar-refractivity contribution >= 4 is 22.9 Å². The lowest BCUT2D eigenvalue weighted by Gasteiger charge is -2.19. The maximum Gasteiger partial charge on any atom is 0.263 e. The first-order valence-electron chi connectivity index (χ1n) is 7.19. The van der Waals surface area contributed by atoms with Gasteiger partial charge in [-0.15, -0.1) is 11.3 Å². The Balaban J connectivity index is 1.71. The Morgan fingerprint density at radius 3 is 2.76 bits per heavy atom. The lowest BCUT2D eigenvalue weighted by molar-refractivity contribution is 0.0957. The minimum absolute atomic E-state index is 0.0189. The summed E-state index contributed by atoms with van der Waals surface area (Å²) in [5.41, 5.74) is 1.19. The fourth-order valence-corrected chi connectivity index (χ4v) is 2.77. The number of hydrogen-bond acceptors (Lipinski definition) is 4. The number of carbonyl (C=O) groups is 1. The Kier molecular flexibility index (Phi) is 5.75. The smallest absolute Gasteiger partial charge is 0.263 e. The van der Waals surface area contributed by atoms with Gasteiger partial charge in [-0.25, -0.2) is 4.98 Å². The number of thiazole rings is 1. The maximum absolute atomic E-state index is 11.9. The molecule has 112 valence electrons. The third kappa shape index (κ3) is 4.56. The summed E-state index contributed by atoms with van der Waals surface area (Å²) < 4.78 is 0. The fourth-order valence-electron chi connectivity index (χ4n) is 2.00. The Labute approximate surface area is 129 Å². The topological polar surface area (TPSA) is 45.2 Å². The van der Waals surface area contributed by atoms with Gasteiger partial charge in [-0.2, -0.15) is 0 Å². The van der Waals surface area contributed by atoms with Crippen LogP contribution in [0.5, 0.6) is 0 Å². The molecule has 0 radical (unpaired) electrons. The van der Waals surface area contributed by atoms with Crippen LogP contribution in [0.3, 0.4) is 0 Å². The molecule has 1 N–H and O–H groups in total. The Bertz CT molecular complexity index is 568. The molecule has 1 aromatic carbocycles. The summed E-state index contributed by atoms with van der Waals surface area (Å²) in [6, 6.07) is 10.2. The fraction of sp³-hybridized carbons (Fsp3) is 0.375. The van der Waals surface area contributed by atoms with Gasteiger partial charge in [0.1, 0.15) is 4.88 Å². The molecular formula is C16H21N3OS. The molecule has 0 aliphatic rings. The number of hydrogen-bond donors (Lipinski definition) is 1. The summed E-state index contributed by atoms with van der Waals surface area (Å²) in [7, 11) is 2.06. The van der Waals surface area contributed by atoms with Crippen LogP contribution < -0.4 is 10.2 Å². The van der Waals surface area contributed by atoms with Gasteiger partial charge in [0.05, 0.1) is 11.2 Å². The number of nitrogens with zero attached hydrogens (tertiary/aromatic N) is 2. The van der Waals surface area contributed by atoms with Gasteiger partial charge in [-0.3, -0.25) is 4.79 Å². The molecule has 2 aromatic rings. The summed E-state index contributed by atoms with van der Waals surface area (Å²) in [6.45, 7) is 3.63. The van der Waals surface area contributed by atoms with E-state index in [0.717, 1.165) is 24.4 Å². The van der Waals surface area contributed by atoms with E-state index in [1.165, 1.54) is 17.0 Å². The monoisotopic (exact) mass is 303 g/mol. The van der Waals surface area contributed by atoms with Gasteiger partial charge < -0.3 is 10.2 Å². The van der Waals surface area contributed by atoms with Crippen LogP contribution in [-0.2, 0) is 6.42 Å². The van der Waals surface area contributed by atoms with Crippen molar-refractivity contribution in [2.45, 2.75) is 19.8 Å². The quantitative estimate of drug-likeness (QED) is 0.800. The zero-order valence-electron chi connectivity index (χ0n) is 12.5. The zero-order chi connectivity index (χ0) is 15.1. The number of benzene rings is 1. The van der Waals surface area contributed by atoms with Crippen molar-refractivity contribution in [3.8, 4) is 0 Å². The summed E-state index contributed by atoms with van der Waals surface area (Å²) in [5, 5.41) is 3.95. The number of nitrogens with one attached hydrogen (secondary N) is 1. The summed E-state index contributed by atoms with van der Waals surface area (Å²) in [6.07, 6.45) is 3.45. The largest absolute Gasteiger partial charge is 0.375 e. The Morgan fingerprint density at radius 2 is 2.10 bits per heavy atom. The standard InChI is InChI=1S/C16H21N3OS/c1-3-15-18-12-14(21-15)16(20)17-10-7-11-19(2)13-8-5-4-6-9-13/h4-6,8-9,12H,3,7,10-11H2,1-2H3,(H,17,20). The number of aryl methyl sites for hydroxylation is 1.